The van der Waals surface area contributed by atoms with Crippen molar-refractivity contribution in [2.24, 2.45) is 0 Å². The summed E-state index contributed by atoms with van der Waals surface area (Å²) >= 11 is 0. The van der Waals surface area contributed by atoms with Crippen LogP contribution >= 0.6 is 0 Å². The van der Waals surface area contributed by atoms with Crippen molar-refractivity contribution < 1.29 is 19.3 Å². The Morgan fingerprint density at radius 2 is 1.64 bits per heavy atom. The number of nitrogens with one attached hydrogen (secondary N) is 1. The van der Waals surface area contributed by atoms with E-state index in [0.29, 0.717) is 24.6 Å². The monoisotopic (exact) mass is 387 g/mol. The molecule has 0 aromatic heterocycles. The van der Waals surface area contributed by atoms with Gasteiger partial charge in [-0.1, -0.05) is 39.0 Å². The number of rotatable bonds is 9. The second-order valence-electron chi connectivity index (χ2n) is 8.02. The predicted molar refractivity (Wildman–Crippen MR) is 113 cm³/mol. The number of aliphatic hydroxyl groups is 1. The second-order valence-corrected chi connectivity index (χ2v) is 8.02. The topological polar surface area (TPSA) is 60.0 Å². The molecule has 2 rings (SSSR count). The maximum absolute atomic E-state index is 10.2. The van der Waals surface area contributed by atoms with E-state index >= 15 is 0 Å². The highest BCUT2D eigenvalue weighted by atomic mass is 16.5. The predicted octanol–water partition coefficient (Wildman–Crippen LogP) is 3.84. The zero-order valence-corrected chi connectivity index (χ0v) is 17.8. The smallest absolute Gasteiger partial charge is 0.161 e. The van der Waals surface area contributed by atoms with Crippen molar-refractivity contribution in [2.45, 2.75) is 45.8 Å². The summed E-state index contributed by atoms with van der Waals surface area (Å²) in [5.74, 6) is 2.21. The molecule has 2 aromatic carbocycles. The van der Waals surface area contributed by atoms with Gasteiger partial charge in [0.15, 0.2) is 11.5 Å². The SMILES string of the molecule is COc1ccc(CNC[C@@H](O)COc2ccc(C(C)(C)C)cc2C)cc1OC. The zero-order valence-electron chi connectivity index (χ0n) is 17.8. The molecule has 5 nitrogen and oxygen atoms in total. The number of hydrogen-bond acceptors (Lipinski definition) is 5. The Labute approximate surface area is 168 Å². The van der Waals surface area contributed by atoms with Crippen LogP contribution in [0.15, 0.2) is 36.4 Å². The van der Waals surface area contributed by atoms with E-state index in [1.807, 2.05) is 31.2 Å². The van der Waals surface area contributed by atoms with Crippen LogP contribution in [0.2, 0.25) is 0 Å². The summed E-state index contributed by atoms with van der Waals surface area (Å²) in [6.45, 7) is 9.91. The fraction of sp³-hybridized carbons (Fsp3) is 0.478. The lowest BCUT2D eigenvalue weighted by Crippen LogP contribution is -2.31. The van der Waals surface area contributed by atoms with Gasteiger partial charge in [0.05, 0.1) is 14.2 Å². The third kappa shape index (κ3) is 6.14. The fourth-order valence-corrected chi connectivity index (χ4v) is 2.90. The summed E-state index contributed by atoms with van der Waals surface area (Å²) in [5.41, 5.74) is 3.52. The molecule has 28 heavy (non-hydrogen) atoms. The Kier molecular flexibility index (Phi) is 7.72. The van der Waals surface area contributed by atoms with E-state index in [1.165, 1.54) is 5.56 Å². The summed E-state index contributed by atoms with van der Waals surface area (Å²) in [6.07, 6.45) is -0.596. The summed E-state index contributed by atoms with van der Waals surface area (Å²) < 4.78 is 16.4. The Hall–Kier alpha value is -2.24. The first kappa shape index (κ1) is 22.1. The average Bonchev–Trinajstić information content (AvgIpc) is 2.66. The molecule has 0 unspecified atom stereocenters. The fourth-order valence-electron chi connectivity index (χ4n) is 2.90. The molecule has 2 aromatic rings. The molecule has 0 saturated heterocycles. The third-order valence-electron chi connectivity index (χ3n) is 4.63. The normalized spacial score (nSPS) is 12.5. The largest absolute Gasteiger partial charge is 0.493 e. The van der Waals surface area contributed by atoms with Crippen LogP contribution in [0.1, 0.15) is 37.5 Å². The van der Waals surface area contributed by atoms with E-state index < -0.39 is 6.10 Å². The lowest BCUT2D eigenvalue weighted by Gasteiger charge is -2.21. The number of benzene rings is 2. The molecule has 0 radical (unpaired) electrons. The molecule has 0 aliphatic heterocycles. The standard InChI is InChI=1S/C23H33NO4/c1-16-11-18(23(2,3)4)8-10-20(16)28-15-19(25)14-24-13-17-7-9-21(26-5)22(12-17)27-6/h7-12,19,24-25H,13-15H2,1-6H3/t19-/m1/s1. The van der Waals surface area contributed by atoms with Crippen molar-refractivity contribution in [3.8, 4) is 17.2 Å². The number of aryl methyl sites for hydroxylation is 1. The van der Waals surface area contributed by atoms with Gasteiger partial charge in [0.1, 0.15) is 18.5 Å². The van der Waals surface area contributed by atoms with Crippen LogP contribution in [0.5, 0.6) is 17.2 Å². The van der Waals surface area contributed by atoms with Gasteiger partial charge in [0.2, 0.25) is 0 Å². The van der Waals surface area contributed by atoms with Crippen LogP contribution in [0.4, 0.5) is 0 Å². The van der Waals surface area contributed by atoms with Crippen molar-refractivity contribution in [2.75, 3.05) is 27.4 Å². The molecule has 0 heterocycles. The summed E-state index contributed by atoms with van der Waals surface area (Å²) in [7, 11) is 3.23. The van der Waals surface area contributed by atoms with Gasteiger partial charge in [-0.15, -0.1) is 0 Å². The average molecular weight is 388 g/mol. The Balaban J connectivity index is 1.81. The van der Waals surface area contributed by atoms with Gasteiger partial charge in [0, 0.05) is 13.1 Å². The molecule has 0 spiro atoms. The second kappa shape index (κ2) is 9.80. The summed E-state index contributed by atoms with van der Waals surface area (Å²) in [4.78, 5) is 0. The molecule has 0 saturated carbocycles. The lowest BCUT2D eigenvalue weighted by atomic mass is 9.86. The van der Waals surface area contributed by atoms with Crippen molar-refractivity contribution in [3.05, 3.63) is 53.1 Å². The molecule has 5 heteroatoms. The van der Waals surface area contributed by atoms with E-state index in [4.69, 9.17) is 14.2 Å². The van der Waals surface area contributed by atoms with Crippen molar-refractivity contribution in [1.29, 1.82) is 0 Å². The van der Waals surface area contributed by atoms with Crippen LogP contribution in [0.25, 0.3) is 0 Å². The third-order valence-corrected chi connectivity index (χ3v) is 4.63. The number of ether oxygens (including phenoxy) is 3. The molecule has 1 atom stereocenters. The molecule has 0 aliphatic rings. The van der Waals surface area contributed by atoms with Gasteiger partial charge in [-0.25, -0.2) is 0 Å². The first-order valence-electron chi connectivity index (χ1n) is 9.58. The van der Waals surface area contributed by atoms with E-state index in [2.05, 4.69) is 38.2 Å². The Morgan fingerprint density at radius 1 is 0.964 bits per heavy atom. The van der Waals surface area contributed by atoms with Gasteiger partial charge < -0.3 is 24.6 Å². The minimum Gasteiger partial charge on any atom is -0.493 e. The summed E-state index contributed by atoms with van der Waals surface area (Å²) in [6, 6.07) is 12.0. The maximum Gasteiger partial charge on any atom is 0.161 e. The first-order chi connectivity index (χ1) is 13.2. The Bertz CT molecular complexity index is 768. The van der Waals surface area contributed by atoms with E-state index in [0.717, 1.165) is 16.9 Å². The molecule has 2 N–H and O–H groups in total. The van der Waals surface area contributed by atoms with E-state index in [1.54, 1.807) is 14.2 Å². The highest BCUT2D eigenvalue weighted by molar-refractivity contribution is 5.43. The van der Waals surface area contributed by atoms with E-state index in [-0.39, 0.29) is 12.0 Å². The zero-order chi connectivity index (χ0) is 20.7. The first-order valence-corrected chi connectivity index (χ1v) is 9.58. The van der Waals surface area contributed by atoms with Crippen LogP contribution in [0, 0.1) is 6.92 Å². The summed E-state index contributed by atoms with van der Waals surface area (Å²) in [5, 5.41) is 13.5. The molecule has 0 amide bonds. The van der Waals surface area contributed by atoms with E-state index in [9.17, 15) is 5.11 Å². The van der Waals surface area contributed by atoms with Crippen molar-refractivity contribution >= 4 is 0 Å². The molecule has 154 valence electrons. The van der Waals surface area contributed by atoms with Crippen molar-refractivity contribution in [3.63, 3.8) is 0 Å². The lowest BCUT2D eigenvalue weighted by molar-refractivity contribution is 0.106. The highest BCUT2D eigenvalue weighted by Gasteiger charge is 2.15. The van der Waals surface area contributed by atoms with Crippen LogP contribution in [-0.2, 0) is 12.0 Å². The molecular formula is C23H33NO4. The number of aliphatic hydroxyl groups excluding tert-OH is 1. The van der Waals surface area contributed by atoms with Crippen LogP contribution in [-0.4, -0.2) is 38.6 Å². The van der Waals surface area contributed by atoms with Crippen molar-refractivity contribution in [1.82, 2.24) is 5.32 Å². The number of hydrogen-bond donors (Lipinski definition) is 2. The molecule has 0 fully saturated rings. The Morgan fingerprint density at radius 3 is 2.25 bits per heavy atom. The van der Waals surface area contributed by atoms with Gasteiger partial charge in [-0.2, -0.15) is 0 Å². The highest BCUT2D eigenvalue weighted by Crippen LogP contribution is 2.28. The molecule has 0 aliphatic carbocycles. The van der Waals surface area contributed by atoms with Crippen LogP contribution in [0.3, 0.4) is 0 Å². The minimum absolute atomic E-state index is 0.108. The molecule has 0 bridgehead atoms. The van der Waals surface area contributed by atoms with Gasteiger partial charge in [0.25, 0.3) is 0 Å². The minimum atomic E-state index is -0.596. The maximum atomic E-state index is 10.2. The molecular weight excluding hydrogens is 354 g/mol. The number of methoxy groups -OCH3 is 2. The van der Waals surface area contributed by atoms with Crippen LogP contribution < -0.4 is 19.5 Å². The quantitative estimate of drug-likeness (QED) is 0.685. The van der Waals surface area contributed by atoms with Gasteiger partial charge in [-0.3, -0.25) is 0 Å². The van der Waals surface area contributed by atoms with Gasteiger partial charge in [-0.05, 0) is 47.2 Å². The van der Waals surface area contributed by atoms with Gasteiger partial charge >= 0.3 is 0 Å².